The molecule has 4 N–H and O–H groups in total. The summed E-state index contributed by atoms with van der Waals surface area (Å²) in [6, 6.07) is 6.11. The first-order valence-corrected chi connectivity index (χ1v) is 8.97. The standard InChI is InChI=1S/C14H14ClN5O3S/c15-11-6-5-10-12(19-11)13(21)20-14(18-10)17-7-8-1-3-9(4-2-8)24(16,22)23/h1-4H,5-7H2,(H2,16,22,23)(H2,17,18,20,21). The fraction of sp³-hybridized carbons (Fsp3) is 0.214. The molecule has 10 heteroatoms. The van der Waals surface area contributed by atoms with Crippen LogP contribution in [0.3, 0.4) is 0 Å². The molecule has 0 aliphatic carbocycles. The summed E-state index contributed by atoms with van der Waals surface area (Å²) in [6.07, 6.45) is 1.11. The highest BCUT2D eigenvalue weighted by Gasteiger charge is 2.16. The lowest BCUT2D eigenvalue weighted by atomic mass is 10.2. The summed E-state index contributed by atoms with van der Waals surface area (Å²) in [5.41, 5.74) is 1.29. The Hall–Kier alpha value is -2.23. The highest BCUT2D eigenvalue weighted by atomic mass is 35.5. The van der Waals surface area contributed by atoms with Crippen LogP contribution in [0.4, 0.5) is 11.6 Å². The van der Waals surface area contributed by atoms with Crippen molar-refractivity contribution in [2.75, 3.05) is 5.32 Å². The zero-order valence-corrected chi connectivity index (χ0v) is 14.0. The van der Waals surface area contributed by atoms with E-state index in [0.29, 0.717) is 36.2 Å². The van der Waals surface area contributed by atoms with E-state index in [1.54, 1.807) is 12.1 Å². The van der Waals surface area contributed by atoms with Crippen molar-refractivity contribution in [3.05, 3.63) is 45.9 Å². The lowest BCUT2D eigenvalue weighted by Crippen LogP contribution is -2.18. The van der Waals surface area contributed by atoms with Gasteiger partial charge in [-0.3, -0.25) is 9.78 Å². The van der Waals surface area contributed by atoms with E-state index in [9.17, 15) is 13.2 Å². The van der Waals surface area contributed by atoms with Crippen LogP contribution in [0.2, 0.25) is 0 Å². The largest absolute Gasteiger partial charge is 0.352 e. The summed E-state index contributed by atoms with van der Waals surface area (Å²) in [5, 5.41) is 8.44. The van der Waals surface area contributed by atoms with Crippen molar-refractivity contribution < 1.29 is 8.42 Å². The van der Waals surface area contributed by atoms with E-state index in [1.807, 2.05) is 0 Å². The Labute approximate surface area is 142 Å². The van der Waals surface area contributed by atoms with E-state index in [0.717, 1.165) is 5.56 Å². The molecule has 0 spiro atoms. The number of primary sulfonamides is 1. The minimum Gasteiger partial charge on any atom is -0.352 e. The number of aromatic amines is 1. The second kappa shape index (κ2) is 6.34. The molecule has 1 aliphatic rings. The Kier molecular flexibility index (Phi) is 4.39. The molecule has 0 saturated carbocycles. The van der Waals surface area contributed by atoms with Gasteiger partial charge in [0.15, 0.2) is 5.69 Å². The van der Waals surface area contributed by atoms with Gasteiger partial charge in [-0.05, 0) is 24.1 Å². The molecule has 24 heavy (non-hydrogen) atoms. The molecule has 0 fully saturated rings. The Balaban J connectivity index is 1.76. The van der Waals surface area contributed by atoms with E-state index in [1.165, 1.54) is 12.1 Å². The Bertz CT molecular complexity index is 967. The normalized spacial score (nSPS) is 14.0. The number of anilines is 1. The molecule has 1 aromatic heterocycles. The average molecular weight is 368 g/mol. The molecule has 0 amide bonds. The van der Waals surface area contributed by atoms with Gasteiger partial charge >= 0.3 is 0 Å². The van der Waals surface area contributed by atoms with Gasteiger partial charge < -0.3 is 5.32 Å². The van der Waals surface area contributed by atoms with Crippen LogP contribution in [0.15, 0.2) is 38.9 Å². The monoisotopic (exact) mass is 367 g/mol. The number of benzene rings is 1. The minimum absolute atomic E-state index is 0.0429. The molecule has 2 heterocycles. The fourth-order valence-corrected chi connectivity index (χ4v) is 2.96. The van der Waals surface area contributed by atoms with Crippen LogP contribution in [0.25, 0.3) is 0 Å². The van der Waals surface area contributed by atoms with Crippen molar-refractivity contribution in [2.24, 2.45) is 10.1 Å². The molecular weight excluding hydrogens is 354 g/mol. The van der Waals surface area contributed by atoms with Crippen LogP contribution >= 0.6 is 11.6 Å². The number of aryl methyl sites for hydroxylation is 1. The number of nitrogens with two attached hydrogens (primary N) is 1. The third-order valence-electron chi connectivity index (χ3n) is 3.48. The maximum atomic E-state index is 12.0. The molecule has 0 bridgehead atoms. The van der Waals surface area contributed by atoms with Gasteiger partial charge in [0, 0.05) is 13.0 Å². The summed E-state index contributed by atoms with van der Waals surface area (Å²) < 4.78 is 22.4. The van der Waals surface area contributed by atoms with Gasteiger partial charge in [-0.2, -0.15) is 0 Å². The minimum atomic E-state index is -3.71. The van der Waals surface area contributed by atoms with E-state index in [2.05, 4.69) is 20.3 Å². The average Bonchev–Trinajstić information content (AvgIpc) is 2.53. The highest BCUT2D eigenvalue weighted by Crippen LogP contribution is 2.22. The number of fused-ring (bicyclic) bond motifs is 1. The van der Waals surface area contributed by atoms with Gasteiger partial charge in [-0.15, -0.1) is 0 Å². The van der Waals surface area contributed by atoms with Crippen molar-refractivity contribution in [1.82, 2.24) is 9.97 Å². The number of aromatic nitrogens is 2. The first-order chi connectivity index (χ1) is 11.3. The molecule has 126 valence electrons. The number of hydrogen-bond donors (Lipinski definition) is 3. The van der Waals surface area contributed by atoms with Crippen molar-refractivity contribution >= 4 is 38.4 Å². The van der Waals surface area contributed by atoms with E-state index in [-0.39, 0.29) is 16.1 Å². The van der Waals surface area contributed by atoms with Crippen LogP contribution in [0.5, 0.6) is 0 Å². The highest BCUT2D eigenvalue weighted by molar-refractivity contribution is 7.89. The topological polar surface area (TPSA) is 130 Å². The quantitative estimate of drug-likeness (QED) is 0.748. The molecular formula is C14H14ClN5O3S. The van der Waals surface area contributed by atoms with Crippen molar-refractivity contribution in [1.29, 1.82) is 0 Å². The van der Waals surface area contributed by atoms with Crippen LogP contribution in [-0.2, 0) is 23.0 Å². The van der Waals surface area contributed by atoms with Crippen molar-refractivity contribution in [2.45, 2.75) is 24.3 Å². The van der Waals surface area contributed by atoms with Crippen LogP contribution in [0, 0.1) is 0 Å². The van der Waals surface area contributed by atoms with Gasteiger partial charge in [0.2, 0.25) is 16.0 Å². The lowest BCUT2D eigenvalue weighted by molar-refractivity contribution is 0.598. The molecule has 0 radical (unpaired) electrons. The number of aliphatic imine (C=N–C) groups is 1. The van der Waals surface area contributed by atoms with Crippen molar-refractivity contribution in [3.63, 3.8) is 0 Å². The molecule has 1 aromatic carbocycles. The number of rotatable bonds is 4. The lowest BCUT2D eigenvalue weighted by Gasteiger charge is -2.12. The molecule has 0 unspecified atom stereocenters. The van der Waals surface area contributed by atoms with Crippen LogP contribution in [-0.4, -0.2) is 23.6 Å². The number of halogens is 1. The molecule has 3 rings (SSSR count). The number of nitrogens with one attached hydrogen (secondary N) is 2. The van der Waals surface area contributed by atoms with Gasteiger partial charge in [0.25, 0.3) is 5.56 Å². The number of H-pyrrole nitrogens is 1. The van der Waals surface area contributed by atoms with E-state index in [4.69, 9.17) is 16.7 Å². The first-order valence-electron chi connectivity index (χ1n) is 7.05. The van der Waals surface area contributed by atoms with Crippen LogP contribution < -0.4 is 16.0 Å². The summed E-state index contributed by atoms with van der Waals surface area (Å²) in [4.78, 5) is 23.0. The number of hydrogen-bond acceptors (Lipinski definition) is 6. The van der Waals surface area contributed by atoms with Crippen molar-refractivity contribution in [3.8, 4) is 0 Å². The van der Waals surface area contributed by atoms with Gasteiger partial charge in [0.1, 0.15) is 5.17 Å². The number of nitrogens with zero attached hydrogens (tertiary/aromatic N) is 2. The SMILES string of the molecule is NS(=O)(=O)c1ccc(CNc2nc3c(c(=O)[nH]2)N=C(Cl)CC3)cc1. The zero-order valence-electron chi connectivity index (χ0n) is 12.4. The second-order valence-corrected chi connectivity index (χ2v) is 7.24. The zero-order chi connectivity index (χ0) is 17.3. The summed E-state index contributed by atoms with van der Waals surface area (Å²) in [6.45, 7) is 0.358. The fourth-order valence-electron chi connectivity index (χ4n) is 2.27. The molecule has 1 aliphatic heterocycles. The van der Waals surface area contributed by atoms with E-state index >= 15 is 0 Å². The Morgan fingerprint density at radius 1 is 1.25 bits per heavy atom. The van der Waals surface area contributed by atoms with Gasteiger partial charge in [0.05, 0.1) is 10.6 Å². The maximum Gasteiger partial charge on any atom is 0.278 e. The van der Waals surface area contributed by atoms with E-state index < -0.39 is 10.0 Å². The molecule has 2 aromatic rings. The predicted molar refractivity (Wildman–Crippen MR) is 91.3 cm³/mol. The molecule has 0 saturated heterocycles. The summed E-state index contributed by atoms with van der Waals surface area (Å²) >= 11 is 5.84. The number of sulfonamides is 1. The van der Waals surface area contributed by atoms with Crippen LogP contribution in [0.1, 0.15) is 17.7 Å². The summed E-state index contributed by atoms with van der Waals surface area (Å²) in [7, 11) is -3.71. The second-order valence-electron chi connectivity index (χ2n) is 5.24. The third kappa shape index (κ3) is 3.64. The molecule has 0 atom stereocenters. The maximum absolute atomic E-state index is 12.0. The molecule has 8 nitrogen and oxygen atoms in total. The smallest absolute Gasteiger partial charge is 0.278 e. The predicted octanol–water partition coefficient (Wildman–Crippen LogP) is 1.24. The third-order valence-corrected chi connectivity index (χ3v) is 4.68. The Morgan fingerprint density at radius 3 is 2.62 bits per heavy atom. The van der Waals surface area contributed by atoms with Gasteiger partial charge in [-0.1, -0.05) is 23.7 Å². The van der Waals surface area contributed by atoms with Gasteiger partial charge in [-0.25, -0.2) is 23.5 Å². The Morgan fingerprint density at radius 2 is 1.96 bits per heavy atom. The summed E-state index contributed by atoms with van der Waals surface area (Å²) in [5.74, 6) is 0.322. The first kappa shape index (κ1) is 16.6.